The van der Waals surface area contributed by atoms with Crippen molar-refractivity contribution in [2.24, 2.45) is 0 Å². The summed E-state index contributed by atoms with van der Waals surface area (Å²) < 4.78 is 0.613. The van der Waals surface area contributed by atoms with E-state index in [1.54, 1.807) is 30.3 Å². The van der Waals surface area contributed by atoms with Gasteiger partial charge in [0.2, 0.25) is 17.7 Å². The number of aliphatic hydroxyl groups is 1. The predicted molar refractivity (Wildman–Crippen MR) is 157 cm³/mol. The molecule has 4 amide bonds. The van der Waals surface area contributed by atoms with Crippen molar-refractivity contribution in [3.63, 3.8) is 0 Å². The largest absolute Gasteiger partial charge is 0.550 e. The van der Waals surface area contributed by atoms with Crippen LogP contribution in [0.25, 0.3) is 0 Å². The minimum atomic E-state index is -2.02. The molecule has 6 atom stereocenters. The first-order chi connectivity index (χ1) is 21.8. The van der Waals surface area contributed by atoms with E-state index in [4.69, 9.17) is 0 Å². The van der Waals surface area contributed by atoms with Crippen LogP contribution in [0.2, 0.25) is 0 Å². The molecule has 0 unspecified atom stereocenters. The second-order valence-electron chi connectivity index (χ2n) is 12.3. The van der Waals surface area contributed by atoms with Crippen molar-refractivity contribution in [2.45, 2.75) is 81.8 Å². The number of hydrogen-bond acceptors (Lipinski definition) is 11. The van der Waals surface area contributed by atoms with Crippen molar-refractivity contribution in [1.82, 2.24) is 21.3 Å². The molecule has 0 saturated heterocycles. The van der Waals surface area contributed by atoms with Gasteiger partial charge in [0.1, 0.15) is 18.1 Å². The SMILES string of the molecule is C[C@@H](O)[C@H](NC(=O)[C@H](CCCC[N+](C)(C)C)NC(=O)[C@H](Cc1ccccc1)NC(=O)[C@@H]([NH3+])CC(=O)[O-])C(=O)N[C@@H](CC(=O)[O-])C(=O)[O-]. The van der Waals surface area contributed by atoms with Gasteiger partial charge in [-0.2, -0.15) is 0 Å². The molecule has 0 saturated carbocycles. The lowest BCUT2D eigenvalue weighted by Crippen LogP contribution is -2.70. The van der Waals surface area contributed by atoms with Crippen LogP contribution in [-0.2, 0) is 40.0 Å². The number of nitrogens with zero attached hydrogens (tertiary/aromatic N) is 1. The molecule has 0 spiro atoms. The van der Waals surface area contributed by atoms with E-state index in [1.165, 1.54) is 0 Å². The Morgan fingerprint density at radius 1 is 0.745 bits per heavy atom. The number of unbranched alkanes of at least 4 members (excludes halogenated alkanes) is 1. The van der Waals surface area contributed by atoms with E-state index in [0.29, 0.717) is 29.4 Å². The van der Waals surface area contributed by atoms with Crippen LogP contribution in [0.1, 0.15) is 44.6 Å². The topological polar surface area (TPSA) is 285 Å². The summed E-state index contributed by atoms with van der Waals surface area (Å²) >= 11 is 0. The first-order valence-corrected chi connectivity index (χ1v) is 15.0. The van der Waals surface area contributed by atoms with Gasteiger partial charge in [0.05, 0.1) is 45.8 Å². The highest BCUT2D eigenvalue weighted by Crippen LogP contribution is 2.09. The highest BCUT2D eigenvalue weighted by molar-refractivity contribution is 5.96. The maximum Gasteiger partial charge on any atom is 0.279 e. The van der Waals surface area contributed by atoms with Crippen LogP contribution in [0.4, 0.5) is 0 Å². The second-order valence-corrected chi connectivity index (χ2v) is 12.3. The molecule has 262 valence electrons. The summed E-state index contributed by atoms with van der Waals surface area (Å²) in [7, 11) is 5.89. The Hall–Kier alpha value is -4.61. The van der Waals surface area contributed by atoms with E-state index < -0.39 is 90.7 Å². The minimum Gasteiger partial charge on any atom is -0.550 e. The Balaban J connectivity index is 3.29. The summed E-state index contributed by atoms with van der Waals surface area (Å²) in [5.74, 6) is -9.09. The first-order valence-electron chi connectivity index (χ1n) is 15.0. The molecule has 0 heterocycles. The van der Waals surface area contributed by atoms with Crippen LogP contribution >= 0.6 is 0 Å². The van der Waals surface area contributed by atoms with E-state index in [9.17, 15) is 54.0 Å². The highest BCUT2D eigenvalue weighted by atomic mass is 16.4. The van der Waals surface area contributed by atoms with Gasteiger partial charge in [-0.3, -0.25) is 19.2 Å². The van der Waals surface area contributed by atoms with Gasteiger partial charge in [-0.1, -0.05) is 30.3 Å². The average Bonchev–Trinajstić information content (AvgIpc) is 2.95. The third kappa shape index (κ3) is 16.0. The Morgan fingerprint density at radius 2 is 1.28 bits per heavy atom. The molecule has 0 aromatic heterocycles. The van der Waals surface area contributed by atoms with Gasteiger partial charge in [0.15, 0.2) is 6.04 Å². The van der Waals surface area contributed by atoms with Crippen molar-refractivity contribution in [3.8, 4) is 0 Å². The molecule has 0 aliphatic carbocycles. The molecule has 1 rings (SSSR count). The van der Waals surface area contributed by atoms with Crippen molar-refractivity contribution in [1.29, 1.82) is 0 Å². The predicted octanol–water partition coefficient (Wildman–Crippen LogP) is -6.93. The summed E-state index contributed by atoms with van der Waals surface area (Å²) in [5.41, 5.74) is 4.13. The molecule has 1 aromatic carbocycles. The summed E-state index contributed by atoms with van der Waals surface area (Å²) in [6.45, 7) is 1.83. The summed E-state index contributed by atoms with van der Waals surface area (Å²) in [5, 5.41) is 52.7. The molecule has 17 heteroatoms. The van der Waals surface area contributed by atoms with E-state index in [1.807, 2.05) is 26.5 Å². The normalized spacial score (nSPS) is 15.1. The molecule has 1 aromatic rings. The Kier molecular flexibility index (Phi) is 16.5. The number of carbonyl (C=O) groups is 7. The Bertz CT molecular complexity index is 1250. The number of nitrogens with one attached hydrogen (secondary N) is 4. The number of amides is 4. The monoisotopic (exact) mass is 665 g/mol. The molecule has 0 radical (unpaired) electrons. The van der Waals surface area contributed by atoms with E-state index in [0.717, 1.165) is 6.92 Å². The summed E-state index contributed by atoms with van der Waals surface area (Å²) in [6.07, 6.45) is -2.39. The van der Waals surface area contributed by atoms with Crippen LogP contribution in [0.15, 0.2) is 30.3 Å². The van der Waals surface area contributed by atoms with Gasteiger partial charge >= 0.3 is 0 Å². The Labute approximate surface area is 272 Å². The van der Waals surface area contributed by atoms with Crippen molar-refractivity contribution in [3.05, 3.63) is 35.9 Å². The molecule has 17 nitrogen and oxygen atoms in total. The average molecular weight is 666 g/mol. The fourth-order valence-electron chi connectivity index (χ4n) is 4.40. The second kappa shape index (κ2) is 19.1. The summed E-state index contributed by atoms with van der Waals surface area (Å²) in [6, 6.07) is 0.841. The number of carboxylic acids is 3. The van der Waals surface area contributed by atoms with Crippen molar-refractivity contribution in [2.75, 3.05) is 27.7 Å². The van der Waals surface area contributed by atoms with Crippen molar-refractivity contribution >= 4 is 41.5 Å². The summed E-state index contributed by atoms with van der Waals surface area (Å²) in [4.78, 5) is 85.8. The van der Waals surface area contributed by atoms with Crippen LogP contribution in [0.3, 0.4) is 0 Å². The number of hydrogen-bond donors (Lipinski definition) is 6. The van der Waals surface area contributed by atoms with Gasteiger partial charge in [0.25, 0.3) is 5.91 Å². The molecule has 0 aliphatic heterocycles. The zero-order valence-corrected chi connectivity index (χ0v) is 27.0. The molecule has 0 fully saturated rings. The van der Waals surface area contributed by atoms with E-state index >= 15 is 0 Å². The molecular formula is C30H45N6O11-. The van der Waals surface area contributed by atoms with Crippen LogP contribution < -0.4 is 42.3 Å². The maximum absolute atomic E-state index is 13.6. The third-order valence-electron chi connectivity index (χ3n) is 6.94. The molecule has 0 bridgehead atoms. The zero-order chi connectivity index (χ0) is 35.9. The number of carbonyl (C=O) groups excluding carboxylic acids is 7. The van der Waals surface area contributed by atoms with Gasteiger partial charge < -0.3 is 66.3 Å². The van der Waals surface area contributed by atoms with Crippen LogP contribution in [0.5, 0.6) is 0 Å². The van der Waals surface area contributed by atoms with Crippen LogP contribution in [-0.4, -0.2) is 115 Å². The van der Waals surface area contributed by atoms with Gasteiger partial charge in [0, 0.05) is 31.2 Å². The number of quaternary nitrogens is 2. The van der Waals surface area contributed by atoms with Gasteiger partial charge in [-0.15, -0.1) is 0 Å². The minimum absolute atomic E-state index is 0.0476. The quantitative estimate of drug-likeness (QED) is 0.0530. The third-order valence-corrected chi connectivity index (χ3v) is 6.94. The van der Waals surface area contributed by atoms with Crippen LogP contribution in [0, 0.1) is 0 Å². The molecular weight excluding hydrogens is 620 g/mol. The molecule has 8 N–H and O–H groups in total. The fourth-order valence-corrected chi connectivity index (χ4v) is 4.40. The zero-order valence-electron chi connectivity index (χ0n) is 27.0. The van der Waals surface area contributed by atoms with Gasteiger partial charge in [-0.25, -0.2) is 0 Å². The molecule has 0 aliphatic rings. The number of carboxylic acid groups (broad SMARTS) is 3. The number of rotatable bonds is 21. The Morgan fingerprint density at radius 3 is 1.79 bits per heavy atom. The maximum atomic E-state index is 13.6. The van der Waals surface area contributed by atoms with Crippen molar-refractivity contribution < 1.29 is 64.2 Å². The lowest BCUT2D eigenvalue weighted by Gasteiger charge is -2.28. The molecule has 47 heavy (non-hydrogen) atoms. The number of aliphatic hydroxyl groups excluding tert-OH is 1. The number of benzene rings is 1. The van der Waals surface area contributed by atoms with Gasteiger partial charge in [-0.05, 0) is 31.7 Å². The fraction of sp³-hybridized carbons (Fsp3) is 0.567. The smallest absolute Gasteiger partial charge is 0.279 e. The highest BCUT2D eigenvalue weighted by Gasteiger charge is 2.33. The lowest BCUT2D eigenvalue weighted by molar-refractivity contribution is -0.870. The van der Waals surface area contributed by atoms with E-state index in [2.05, 4.69) is 21.7 Å². The standard InChI is InChI=1S/C30H46N6O11/c1-17(37)25(29(45)34-22(30(46)47)16-24(40)41)35-27(43)20(12-8-9-13-36(2,3)4)32-28(44)21(14-18-10-6-5-7-11-18)33-26(42)19(31)15-23(38)39/h5-7,10-11,17,19-22,25,37H,8-9,12-16,31H2,1-4H3,(H6-,32,33,34,35,38,39,40,41,42,43,44,45,46,47)/p-1/t17-,19+,20+,21+,22+,25+/m1/s1. The lowest BCUT2D eigenvalue weighted by atomic mass is 10.0. The first kappa shape index (κ1) is 40.4. The van der Waals surface area contributed by atoms with E-state index in [-0.39, 0.29) is 12.8 Å². The number of aliphatic carboxylic acids is 3.